The summed E-state index contributed by atoms with van der Waals surface area (Å²) < 4.78 is 5.51. The van der Waals surface area contributed by atoms with Crippen molar-refractivity contribution >= 4 is 23.5 Å². The maximum Gasteiger partial charge on any atom is 0.326 e. The molecule has 0 saturated carbocycles. The summed E-state index contributed by atoms with van der Waals surface area (Å²) in [6.45, 7) is 6.86. The highest BCUT2D eigenvalue weighted by Gasteiger charge is 2.26. The van der Waals surface area contributed by atoms with Crippen LogP contribution in [0.5, 0.6) is 5.75 Å². The van der Waals surface area contributed by atoms with Crippen LogP contribution in [0.15, 0.2) is 18.2 Å². The second-order valence-electron chi connectivity index (χ2n) is 5.24. The number of hydrogen-bond donors (Lipinski definition) is 2. The Kier molecular flexibility index (Phi) is 6.03. The van der Waals surface area contributed by atoms with E-state index in [-0.39, 0.29) is 5.92 Å². The van der Waals surface area contributed by atoms with Crippen LogP contribution in [0.1, 0.15) is 26.3 Å². The first kappa shape index (κ1) is 17.3. The van der Waals surface area contributed by atoms with E-state index in [0.717, 1.165) is 5.56 Å². The number of aliphatic carboxylic acids is 1. The third kappa shape index (κ3) is 4.93. The minimum Gasteiger partial charge on any atom is -0.481 e. The van der Waals surface area contributed by atoms with E-state index < -0.39 is 24.0 Å². The van der Waals surface area contributed by atoms with Gasteiger partial charge in [-0.3, -0.25) is 4.79 Å². The van der Waals surface area contributed by atoms with Gasteiger partial charge in [0.05, 0.1) is 0 Å². The average molecular weight is 314 g/mol. The molecule has 0 aliphatic heterocycles. The van der Waals surface area contributed by atoms with Gasteiger partial charge in [0.15, 0.2) is 6.10 Å². The van der Waals surface area contributed by atoms with Gasteiger partial charge in [0, 0.05) is 5.02 Å². The Balaban J connectivity index is 2.69. The number of hydrogen-bond acceptors (Lipinski definition) is 3. The molecule has 0 saturated heterocycles. The van der Waals surface area contributed by atoms with Gasteiger partial charge in [-0.25, -0.2) is 4.79 Å². The molecule has 116 valence electrons. The van der Waals surface area contributed by atoms with E-state index in [4.69, 9.17) is 21.4 Å². The average Bonchev–Trinajstić information content (AvgIpc) is 2.39. The Morgan fingerprint density at radius 2 is 1.90 bits per heavy atom. The van der Waals surface area contributed by atoms with Gasteiger partial charge in [0.1, 0.15) is 11.8 Å². The van der Waals surface area contributed by atoms with Gasteiger partial charge in [-0.2, -0.15) is 0 Å². The molecule has 0 bridgehead atoms. The number of carboxylic acid groups (broad SMARTS) is 1. The van der Waals surface area contributed by atoms with E-state index in [2.05, 4.69) is 5.32 Å². The zero-order chi connectivity index (χ0) is 16.2. The van der Waals surface area contributed by atoms with E-state index in [0.29, 0.717) is 10.8 Å². The highest BCUT2D eigenvalue weighted by molar-refractivity contribution is 6.31. The molecule has 1 unspecified atom stereocenters. The van der Waals surface area contributed by atoms with E-state index in [9.17, 15) is 9.59 Å². The number of halogens is 1. The molecule has 0 spiro atoms. The molecule has 6 heteroatoms. The lowest BCUT2D eigenvalue weighted by Crippen LogP contribution is -2.48. The molecule has 5 nitrogen and oxygen atoms in total. The molecule has 1 aromatic carbocycles. The molecule has 0 aliphatic rings. The Morgan fingerprint density at radius 1 is 1.29 bits per heavy atom. The SMILES string of the molecule is Cc1cc(OC(C)C(=O)N[C@@H](C(=O)O)C(C)C)ccc1Cl. The van der Waals surface area contributed by atoms with E-state index in [1.54, 1.807) is 39.0 Å². The van der Waals surface area contributed by atoms with Gasteiger partial charge in [-0.1, -0.05) is 25.4 Å². The van der Waals surface area contributed by atoms with Crippen molar-refractivity contribution in [3.05, 3.63) is 28.8 Å². The predicted molar refractivity (Wildman–Crippen MR) is 80.7 cm³/mol. The van der Waals surface area contributed by atoms with Gasteiger partial charge in [-0.05, 0) is 43.5 Å². The number of carbonyl (C=O) groups excluding carboxylic acids is 1. The summed E-state index contributed by atoms with van der Waals surface area (Å²) >= 11 is 5.92. The quantitative estimate of drug-likeness (QED) is 0.846. The molecule has 0 radical (unpaired) electrons. The lowest BCUT2D eigenvalue weighted by atomic mass is 10.0. The zero-order valence-corrected chi connectivity index (χ0v) is 13.3. The molecule has 0 fully saturated rings. The highest BCUT2D eigenvalue weighted by atomic mass is 35.5. The van der Waals surface area contributed by atoms with E-state index in [1.807, 2.05) is 6.92 Å². The molecule has 1 aromatic rings. The van der Waals surface area contributed by atoms with Crippen LogP contribution in [-0.4, -0.2) is 29.1 Å². The second kappa shape index (κ2) is 7.31. The fraction of sp³-hybridized carbons (Fsp3) is 0.467. The monoisotopic (exact) mass is 313 g/mol. The molecule has 21 heavy (non-hydrogen) atoms. The van der Waals surface area contributed by atoms with Crippen molar-refractivity contribution < 1.29 is 19.4 Å². The minimum absolute atomic E-state index is 0.212. The Morgan fingerprint density at radius 3 is 2.38 bits per heavy atom. The summed E-state index contributed by atoms with van der Waals surface area (Å²) in [5.41, 5.74) is 0.840. The normalized spacial score (nSPS) is 13.6. The summed E-state index contributed by atoms with van der Waals surface area (Å²) in [7, 11) is 0. The molecule has 0 aromatic heterocycles. The van der Waals surface area contributed by atoms with Crippen molar-refractivity contribution in [3.8, 4) is 5.75 Å². The fourth-order valence-electron chi connectivity index (χ4n) is 1.73. The second-order valence-corrected chi connectivity index (χ2v) is 5.65. The molecular weight excluding hydrogens is 294 g/mol. The first-order valence-corrected chi connectivity index (χ1v) is 7.06. The Hall–Kier alpha value is -1.75. The minimum atomic E-state index is -1.06. The van der Waals surface area contributed by atoms with Crippen LogP contribution in [0.4, 0.5) is 0 Å². The van der Waals surface area contributed by atoms with Crippen LogP contribution in [0.2, 0.25) is 5.02 Å². The molecule has 1 rings (SSSR count). The van der Waals surface area contributed by atoms with E-state index in [1.165, 1.54) is 0 Å². The maximum absolute atomic E-state index is 12.0. The third-order valence-electron chi connectivity index (χ3n) is 3.04. The fourth-order valence-corrected chi connectivity index (χ4v) is 1.85. The zero-order valence-electron chi connectivity index (χ0n) is 12.5. The highest BCUT2D eigenvalue weighted by Crippen LogP contribution is 2.21. The Bertz CT molecular complexity index is 530. The predicted octanol–water partition coefficient (Wildman–Crippen LogP) is 2.64. The third-order valence-corrected chi connectivity index (χ3v) is 3.47. The van der Waals surface area contributed by atoms with E-state index >= 15 is 0 Å². The summed E-state index contributed by atoms with van der Waals surface area (Å²) in [6.07, 6.45) is -0.800. The number of carbonyl (C=O) groups is 2. The lowest BCUT2D eigenvalue weighted by Gasteiger charge is -2.21. The van der Waals surface area contributed by atoms with Crippen molar-refractivity contribution in [1.82, 2.24) is 5.32 Å². The van der Waals surface area contributed by atoms with Gasteiger partial charge < -0.3 is 15.2 Å². The van der Waals surface area contributed by atoms with Gasteiger partial charge in [0.25, 0.3) is 5.91 Å². The summed E-state index contributed by atoms with van der Waals surface area (Å²) in [5.74, 6) is -1.23. The van der Waals surface area contributed by atoms with Crippen LogP contribution in [0, 0.1) is 12.8 Å². The molecule has 0 aliphatic carbocycles. The first-order chi connectivity index (χ1) is 9.72. The smallest absolute Gasteiger partial charge is 0.326 e. The van der Waals surface area contributed by atoms with Crippen molar-refractivity contribution in [1.29, 1.82) is 0 Å². The van der Waals surface area contributed by atoms with Gasteiger partial charge in [0.2, 0.25) is 0 Å². The number of carboxylic acids is 1. The van der Waals surface area contributed by atoms with Crippen molar-refractivity contribution in [2.24, 2.45) is 5.92 Å². The topological polar surface area (TPSA) is 75.6 Å². The summed E-state index contributed by atoms with van der Waals surface area (Å²) in [4.78, 5) is 23.1. The number of benzene rings is 1. The number of amides is 1. The van der Waals surface area contributed by atoms with Crippen molar-refractivity contribution in [2.45, 2.75) is 39.8 Å². The largest absolute Gasteiger partial charge is 0.481 e. The summed E-state index contributed by atoms with van der Waals surface area (Å²) in [6, 6.07) is 4.14. The lowest BCUT2D eigenvalue weighted by molar-refractivity contribution is -0.144. The molecule has 2 atom stereocenters. The number of aryl methyl sites for hydroxylation is 1. The maximum atomic E-state index is 12.0. The first-order valence-electron chi connectivity index (χ1n) is 6.68. The van der Waals surface area contributed by atoms with Crippen molar-refractivity contribution in [3.63, 3.8) is 0 Å². The molecule has 2 N–H and O–H groups in total. The number of ether oxygens (including phenoxy) is 1. The van der Waals surface area contributed by atoms with Crippen LogP contribution in [-0.2, 0) is 9.59 Å². The van der Waals surface area contributed by atoms with Crippen LogP contribution >= 0.6 is 11.6 Å². The molecule has 1 amide bonds. The van der Waals surface area contributed by atoms with Gasteiger partial charge >= 0.3 is 5.97 Å². The molecular formula is C15H20ClNO4. The van der Waals surface area contributed by atoms with Gasteiger partial charge in [-0.15, -0.1) is 0 Å². The Labute approximate surface area is 129 Å². The van der Waals surface area contributed by atoms with Crippen LogP contribution in [0.25, 0.3) is 0 Å². The summed E-state index contributed by atoms with van der Waals surface area (Å²) in [5, 5.41) is 12.1. The van der Waals surface area contributed by atoms with Crippen molar-refractivity contribution in [2.75, 3.05) is 0 Å². The van der Waals surface area contributed by atoms with Crippen LogP contribution < -0.4 is 10.1 Å². The molecule has 0 heterocycles. The number of rotatable bonds is 6. The van der Waals surface area contributed by atoms with Crippen LogP contribution in [0.3, 0.4) is 0 Å². The standard InChI is InChI=1S/C15H20ClNO4/c1-8(2)13(15(19)20)17-14(18)10(4)21-11-5-6-12(16)9(3)7-11/h5-8,10,13H,1-4H3,(H,17,18)(H,19,20)/t10?,13-/m1/s1. The number of nitrogens with one attached hydrogen (secondary N) is 1.